The van der Waals surface area contributed by atoms with E-state index >= 15 is 0 Å². The van der Waals surface area contributed by atoms with Crippen molar-refractivity contribution < 1.29 is 19.2 Å². The van der Waals surface area contributed by atoms with Gasteiger partial charge in [0.1, 0.15) is 5.69 Å². The summed E-state index contributed by atoms with van der Waals surface area (Å²) in [6.45, 7) is -0.00253. The highest BCUT2D eigenvalue weighted by Gasteiger charge is 2.22. The summed E-state index contributed by atoms with van der Waals surface area (Å²) in [4.78, 5) is 27.1. The normalized spacial score (nSPS) is 12.4. The number of pyridine rings is 1. The molecule has 4 rings (SSSR count). The lowest BCUT2D eigenvalue weighted by atomic mass is 10.1. The number of ether oxygens (including phenoxy) is 2. The number of fused-ring (bicyclic) bond motifs is 2. The van der Waals surface area contributed by atoms with E-state index < -0.39 is 10.8 Å². The number of hydrazone groups is 1. The van der Waals surface area contributed by atoms with Gasteiger partial charge in [-0.25, -0.2) is 10.4 Å². The Balaban J connectivity index is 1.54. The SMILES string of the molecule is O=C(N/N=C/c1cc2c(cc1[N+](=O)[O-])OCO2)c1ccc2ccccc2n1. The number of carbonyl (C=O) groups excluding carboxylic acids is 1. The minimum absolute atomic E-state index is 0.00253. The molecule has 0 saturated heterocycles. The van der Waals surface area contributed by atoms with Gasteiger partial charge in [0.2, 0.25) is 6.79 Å². The molecule has 3 aromatic rings. The third-order valence-corrected chi connectivity index (χ3v) is 3.92. The quantitative estimate of drug-likeness (QED) is 0.432. The van der Waals surface area contributed by atoms with E-state index in [0.29, 0.717) is 17.0 Å². The molecule has 27 heavy (non-hydrogen) atoms. The maximum Gasteiger partial charge on any atom is 0.289 e. The highest BCUT2D eigenvalue weighted by molar-refractivity contribution is 5.96. The molecule has 2 heterocycles. The number of nitro benzene ring substituents is 1. The van der Waals surface area contributed by atoms with Gasteiger partial charge in [-0.05, 0) is 18.2 Å². The fraction of sp³-hybridized carbons (Fsp3) is 0.0556. The van der Waals surface area contributed by atoms with Crippen molar-refractivity contribution in [1.82, 2.24) is 10.4 Å². The monoisotopic (exact) mass is 364 g/mol. The van der Waals surface area contributed by atoms with E-state index in [1.165, 1.54) is 18.3 Å². The second-order valence-electron chi connectivity index (χ2n) is 5.61. The van der Waals surface area contributed by atoms with Gasteiger partial charge < -0.3 is 9.47 Å². The van der Waals surface area contributed by atoms with Gasteiger partial charge in [0.05, 0.1) is 28.3 Å². The van der Waals surface area contributed by atoms with E-state index in [-0.39, 0.29) is 23.7 Å². The lowest BCUT2D eigenvalue weighted by Crippen LogP contribution is -2.19. The van der Waals surface area contributed by atoms with Gasteiger partial charge in [-0.1, -0.05) is 24.3 Å². The molecule has 0 unspecified atom stereocenters. The molecular formula is C18H12N4O5. The summed E-state index contributed by atoms with van der Waals surface area (Å²) < 4.78 is 10.3. The molecule has 1 N–H and O–H groups in total. The minimum Gasteiger partial charge on any atom is -0.454 e. The number of amides is 1. The van der Waals surface area contributed by atoms with Gasteiger partial charge in [0.15, 0.2) is 11.5 Å². The van der Waals surface area contributed by atoms with Crippen molar-refractivity contribution in [2.24, 2.45) is 5.10 Å². The molecule has 2 aromatic carbocycles. The number of aromatic nitrogens is 1. The fourth-order valence-corrected chi connectivity index (χ4v) is 2.62. The highest BCUT2D eigenvalue weighted by atomic mass is 16.7. The highest BCUT2D eigenvalue weighted by Crippen LogP contribution is 2.37. The standard InChI is InChI=1S/C18H12N4O5/c23-18(14-6-5-11-3-1-2-4-13(11)20-14)21-19-9-12-7-16-17(27-10-26-16)8-15(12)22(24)25/h1-9H,10H2,(H,21,23)/b19-9+. The van der Waals surface area contributed by atoms with E-state index in [0.717, 1.165) is 5.39 Å². The van der Waals surface area contributed by atoms with Crippen LogP contribution in [0.1, 0.15) is 16.1 Å². The molecular weight excluding hydrogens is 352 g/mol. The van der Waals surface area contributed by atoms with Crippen molar-refractivity contribution in [3.05, 3.63) is 69.9 Å². The Hall–Kier alpha value is -4.01. The molecule has 0 aliphatic carbocycles. The molecule has 9 nitrogen and oxygen atoms in total. The van der Waals surface area contributed by atoms with E-state index in [9.17, 15) is 14.9 Å². The smallest absolute Gasteiger partial charge is 0.289 e. The lowest BCUT2D eigenvalue weighted by Gasteiger charge is -2.02. The second-order valence-corrected chi connectivity index (χ2v) is 5.61. The molecule has 1 amide bonds. The molecule has 0 saturated carbocycles. The third kappa shape index (κ3) is 3.25. The minimum atomic E-state index is -0.560. The first-order valence-electron chi connectivity index (χ1n) is 7.89. The number of nitrogens with one attached hydrogen (secondary N) is 1. The van der Waals surface area contributed by atoms with Crippen molar-refractivity contribution in [3.8, 4) is 11.5 Å². The van der Waals surface area contributed by atoms with E-state index in [4.69, 9.17) is 9.47 Å². The number of para-hydroxylation sites is 1. The Morgan fingerprint density at radius 2 is 1.96 bits per heavy atom. The molecule has 0 fully saturated rings. The van der Waals surface area contributed by atoms with Crippen LogP contribution in [0.4, 0.5) is 5.69 Å². The van der Waals surface area contributed by atoms with Crippen molar-refractivity contribution in [1.29, 1.82) is 0 Å². The van der Waals surface area contributed by atoms with Gasteiger partial charge in [0.25, 0.3) is 11.6 Å². The predicted octanol–water partition coefficient (Wildman–Crippen LogP) is 2.64. The van der Waals surface area contributed by atoms with Crippen molar-refractivity contribution >= 4 is 28.7 Å². The summed E-state index contributed by atoms with van der Waals surface area (Å²) in [6.07, 6.45) is 1.18. The second kappa shape index (κ2) is 6.71. The van der Waals surface area contributed by atoms with Crippen LogP contribution in [-0.2, 0) is 0 Å². The number of rotatable bonds is 4. The molecule has 1 aliphatic heterocycles. The Morgan fingerprint density at radius 1 is 1.19 bits per heavy atom. The zero-order valence-electron chi connectivity index (χ0n) is 13.8. The summed E-state index contributed by atoms with van der Waals surface area (Å²) in [5.41, 5.74) is 3.16. The molecule has 0 bridgehead atoms. The first-order chi connectivity index (χ1) is 13.1. The van der Waals surface area contributed by atoms with E-state index in [1.807, 2.05) is 18.2 Å². The van der Waals surface area contributed by atoms with Gasteiger partial charge in [-0.15, -0.1) is 0 Å². The van der Waals surface area contributed by atoms with Crippen molar-refractivity contribution in [2.45, 2.75) is 0 Å². The largest absolute Gasteiger partial charge is 0.454 e. The molecule has 0 radical (unpaired) electrons. The summed E-state index contributed by atoms with van der Waals surface area (Å²) in [5, 5.41) is 15.9. The van der Waals surface area contributed by atoms with Crippen molar-refractivity contribution in [3.63, 3.8) is 0 Å². The lowest BCUT2D eigenvalue weighted by molar-refractivity contribution is -0.385. The Kier molecular flexibility index (Phi) is 4.09. The average Bonchev–Trinajstić information content (AvgIpc) is 3.14. The van der Waals surface area contributed by atoms with Crippen LogP contribution in [-0.4, -0.2) is 28.8 Å². The van der Waals surface area contributed by atoms with Gasteiger partial charge in [0, 0.05) is 5.39 Å². The van der Waals surface area contributed by atoms with Crippen LogP contribution in [0.5, 0.6) is 11.5 Å². The van der Waals surface area contributed by atoms with Crippen LogP contribution >= 0.6 is 0 Å². The Bertz CT molecular complexity index is 1100. The number of hydrogen-bond donors (Lipinski definition) is 1. The zero-order valence-corrected chi connectivity index (χ0v) is 13.8. The van der Waals surface area contributed by atoms with Crippen LogP contribution in [0.15, 0.2) is 53.6 Å². The predicted molar refractivity (Wildman–Crippen MR) is 96.0 cm³/mol. The molecule has 134 valence electrons. The van der Waals surface area contributed by atoms with Gasteiger partial charge in [-0.2, -0.15) is 5.10 Å². The maximum atomic E-state index is 12.2. The molecule has 9 heteroatoms. The summed E-state index contributed by atoms with van der Waals surface area (Å²) in [6, 6.07) is 13.5. The summed E-state index contributed by atoms with van der Waals surface area (Å²) >= 11 is 0. The molecule has 0 spiro atoms. The molecule has 1 aliphatic rings. The van der Waals surface area contributed by atoms with Crippen LogP contribution in [0.3, 0.4) is 0 Å². The average molecular weight is 364 g/mol. The van der Waals surface area contributed by atoms with Gasteiger partial charge >= 0.3 is 0 Å². The summed E-state index contributed by atoms with van der Waals surface area (Å²) in [7, 11) is 0. The number of hydrogen-bond acceptors (Lipinski definition) is 7. The first-order valence-corrected chi connectivity index (χ1v) is 7.89. The number of carbonyl (C=O) groups is 1. The van der Waals surface area contributed by atoms with Gasteiger partial charge in [-0.3, -0.25) is 14.9 Å². The molecule has 0 atom stereocenters. The summed E-state index contributed by atoms with van der Waals surface area (Å²) in [5.74, 6) is 0.147. The molecule has 1 aromatic heterocycles. The first kappa shape index (κ1) is 16.5. The third-order valence-electron chi connectivity index (χ3n) is 3.92. The maximum absolute atomic E-state index is 12.2. The van der Waals surface area contributed by atoms with E-state index in [2.05, 4.69) is 15.5 Å². The van der Waals surface area contributed by atoms with Crippen LogP contribution in [0.25, 0.3) is 10.9 Å². The topological polar surface area (TPSA) is 116 Å². The number of benzene rings is 2. The number of nitrogens with zero attached hydrogens (tertiary/aromatic N) is 3. The fourth-order valence-electron chi connectivity index (χ4n) is 2.62. The van der Waals surface area contributed by atoms with Crippen LogP contribution in [0, 0.1) is 10.1 Å². The number of nitro groups is 1. The van der Waals surface area contributed by atoms with Crippen LogP contribution in [0.2, 0.25) is 0 Å². The van der Waals surface area contributed by atoms with Crippen molar-refractivity contribution in [2.75, 3.05) is 6.79 Å². The Morgan fingerprint density at radius 3 is 2.78 bits per heavy atom. The van der Waals surface area contributed by atoms with Crippen LogP contribution < -0.4 is 14.9 Å². The zero-order chi connectivity index (χ0) is 18.8. The van der Waals surface area contributed by atoms with E-state index in [1.54, 1.807) is 18.2 Å². The Labute approximate surface area is 152 Å².